The molecule has 0 bridgehead atoms. The molecule has 0 fully saturated rings. The zero-order valence-electron chi connectivity index (χ0n) is 11.8. The molecular weight excluding hydrogens is 212 g/mol. The van der Waals surface area contributed by atoms with Crippen molar-refractivity contribution in [2.75, 3.05) is 20.6 Å². The van der Waals surface area contributed by atoms with Crippen molar-refractivity contribution in [3.8, 4) is 0 Å². The maximum Gasteiger partial charge on any atom is 0.0518 e. The first-order valence-electron chi connectivity index (χ1n) is 6.34. The van der Waals surface area contributed by atoms with Crippen LogP contribution >= 0.6 is 0 Å². The van der Waals surface area contributed by atoms with E-state index in [4.69, 9.17) is 0 Å². The Balaban J connectivity index is 2.34. The fraction of sp³-hybridized carbons (Fsp3) is 0.769. The Morgan fingerprint density at radius 2 is 2.12 bits per heavy atom. The summed E-state index contributed by atoms with van der Waals surface area (Å²) < 4.78 is 1.92. The Morgan fingerprint density at radius 1 is 1.41 bits per heavy atom. The zero-order chi connectivity index (χ0) is 12.8. The van der Waals surface area contributed by atoms with Gasteiger partial charge < -0.3 is 10.2 Å². The van der Waals surface area contributed by atoms with Crippen molar-refractivity contribution in [3.05, 3.63) is 18.0 Å². The number of hydrogen-bond donors (Lipinski definition) is 1. The molecule has 1 heterocycles. The molecule has 1 unspecified atom stereocenters. The second-order valence-corrected chi connectivity index (χ2v) is 5.32. The van der Waals surface area contributed by atoms with E-state index < -0.39 is 0 Å². The van der Waals surface area contributed by atoms with Gasteiger partial charge in [0.25, 0.3) is 0 Å². The topological polar surface area (TPSA) is 33.1 Å². The first-order chi connectivity index (χ1) is 8.00. The van der Waals surface area contributed by atoms with E-state index in [1.54, 1.807) is 0 Å². The standard InChI is InChI=1S/C13H26N4/c1-11(2)8-13(16(3)4)10-14-9-12-6-7-15-17(12)5/h6-7,11,13-14H,8-10H2,1-5H3. The molecule has 1 aromatic heterocycles. The second kappa shape index (κ2) is 6.77. The first-order valence-corrected chi connectivity index (χ1v) is 6.34. The van der Waals surface area contributed by atoms with Gasteiger partial charge in [0.1, 0.15) is 0 Å². The molecule has 0 amide bonds. The molecule has 0 aliphatic heterocycles. The molecule has 0 aliphatic rings. The molecule has 1 N–H and O–H groups in total. The number of aryl methyl sites for hydroxylation is 1. The molecule has 0 saturated heterocycles. The van der Waals surface area contributed by atoms with Crippen LogP contribution in [0.25, 0.3) is 0 Å². The molecule has 1 atom stereocenters. The van der Waals surface area contributed by atoms with Crippen LogP contribution in [0.1, 0.15) is 26.0 Å². The van der Waals surface area contributed by atoms with Crippen LogP contribution in [0.4, 0.5) is 0 Å². The lowest BCUT2D eigenvalue weighted by Crippen LogP contribution is -2.38. The van der Waals surface area contributed by atoms with Crippen LogP contribution in [0.15, 0.2) is 12.3 Å². The van der Waals surface area contributed by atoms with Gasteiger partial charge >= 0.3 is 0 Å². The van der Waals surface area contributed by atoms with E-state index in [2.05, 4.69) is 49.3 Å². The fourth-order valence-corrected chi connectivity index (χ4v) is 1.96. The third kappa shape index (κ3) is 4.88. The Kier molecular flexibility index (Phi) is 5.65. The molecule has 17 heavy (non-hydrogen) atoms. The quantitative estimate of drug-likeness (QED) is 0.781. The minimum Gasteiger partial charge on any atom is -0.310 e. The molecule has 4 heteroatoms. The molecule has 1 rings (SSSR count). The fourth-order valence-electron chi connectivity index (χ4n) is 1.96. The maximum atomic E-state index is 4.16. The highest BCUT2D eigenvalue weighted by atomic mass is 15.3. The van der Waals surface area contributed by atoms with E-state index in [-0.39, 0.29) is 0 Å². The van der Waals surface area contributed by atoms with Crippen molar-refractivity contribution in [3.63, 3.8) is 0 Å². The molecule has 0 radical (unpaired) electrons. The molecule has 0 spiro atoms. The lowest BCUT2D eigenvalue weighted by molar-refractivity contribution is 0.246. The molecule has 0 saturated carbocycles. The van der Waals surface area contributed by atoms with Gasteiger partial charge in [-0.2, -0.15) is 5.10 Å². The highest BCUT2D eigenvalue weighted by Gasteiger charge is 2.12. The normalized spacial score (nSPS) is 13.6. The van der Waals surface area contributed by atoms with Crippen LogP contribution in [0.2, 0.25) is 0 Å². The van der Waals surface area contributed by atoms with Gasteiger partial charge in [-0.3, -0.25) is 4.68 Å². The summed E-state index contributed by atoms with van der Waals surface area (Å²) in [5.74, 6) is 0.737. The predicted octanol–water partition coefficient (Wildman–Crippen LogP) is 1.49. The summed E-state index contributed by atoms with van der Waals surface area (Å²) >= 11 is 0. The molecule has 0 aromatic carbocycles. The monoisotopic (exact) mass is 238 g/mol. The van der Waals surface area contributed by atoms with E-state index in [0.717, 1.165) is 19.0 Å². The maximum absolute atomic E-state index is 4.16. The van der Waals surface area contributed by atoms with Gasteiger partial charge in [0.15, 0.2) is 0 Å². The Morgan fingerprint density at radius 3 is 2.59 bits per heavy atom. The third-order valence-electron chi connectivity index (χ3n) is 3.08. The lowest BCUT2D eigenvalue weighted by Gasteiger charge is -2.26. The molecule has 98 valence electrons. The summed E-state index contributed by atoms with van der Waals surface area (Å²) in [6.45, 7) is 6.46. The van der Waals surface area contributed by atoms with E-state index in [1.807, 2.05) is 17.9 Å². The molecule has 4 nitrogen and oxygen atoms in total. The van der Waals surface area contributed by atoms with Crippen LogP contribution in [0.5, 0.6) is 0 Å². The van der Waals surface area contributed by atoms with E-state index in [9.17, 15) is 0 Å². The van der Waals surface area contributed by atoms with Crippen molar-refractivity contribution in [2.24, 2.45) is 13.0 Å². The highest BCUT2D eigenvalue weighted by Crippen LogP contribution is 2.08. The SMILES string of the molecule is CC(C)CC(CNCc1ccnn1C)N(C)C. The minimum absolute atomic E-state index is 0.600. The van der Waals surface area contributed by atoms with Gasteiger partial charge in [-0.1, -0.05) is 13.8 Å². The van der Waals surface area contributed by atoms with Crippen molar-refractivity contribution < 1.29 is 0 Å². The summed E-state index contributed by atoms with van der Waals surface area (Å²) in [5.41, 5.74) is 1.23. The lowest BCUT2D eigenvalue weighted by atomic mass is 10.0. The zero-order valence-corrected chi connectivity index (χ0v) is 11.8. The molecule has 0 aliphatic carbocycles. The largest absolute Gasteiger partial charge is 0.310 e. The van der Waals surface area contributed by atoms with Crippen LogP contribution in [-0.4, -0.2) is 41.4 Å². The van der Waals surface area contributed by atoms with Crippen LogP contribution in [0.3, 0.4) is 0 Å². The minimum atomic E-state index is 0.600. The number of hydrogen-bond acceptors (Lipinski definition) is 3. The molecule has 1 aromatic rings. The number of nitrogens with zero attached hydrogens (tertiary/aromatic N) is 3. The van der Waals surface area contributed by atoms with Crippen LogP contribution in [-0.2, 0) is 13.6 Å². The number of rotatable bonds is 7. The smallest absolute Gasteiger partial charge is 0.0518 e. The first kappa shape index (κ1) is 14.2. The number of aromatic nitrogens is 2. The Bertz CT molecular complexity index is 317. The Labute approximate surface area is 105 Å². The van der Waals surface area contributed by atoms with Gasteiger partial charge in [-0.25, -0.2) is 0 Å². The average molecular weight is 238 g/mol. The number of likely N-dealkylation sites (N-methyl/N-ethyl adjacent to an activating group) is 1. The number of nitrogens with one attached hydrogen (secondary N) is 1. The van der Waals surface area contributed by atoms with Gasteiger partial charge in [0.05, 0.1) is 5.69 Å². The van der Waals surface area contributed by atoms with Gasteiger partial charge in [-0.05, 0) is 32.5 Å². The average Bonchev–Trinajstić information content (AvgIpc) is 2.62. The third-order valence-corrected chi connectivity index (χ3v) is 3.08. The molecular formula is C13H26N4. The van der Waals surface area contributed by atoms with E-state index in [1.165, 1.54) is 12.1 Å². The van der Waals surface area contributed by atoms with E-state index in [0.29, 0.717) is 6.04 Å². The van der Waals surface area contributed by atoms with Crippen molar-refractivity contribution in [1.29, 1.82) is 0 Å². The summed E-state index contributed by atoms with van der Waals surface area (Å²) in [5, 5.41) is 7.68. The Hall–Kier alpha value is -0.870. The van der Waals surface area contributed by atoms with Crippen molar-refractivity contribution in [2.45, 2.75) is 32.9 Å². The van der Waals surface area contributed by atoms with Gasteiger partial charge in [-0.15, -0.1) is 0 Å². The summed E-state index contributed by atoms with van der Waals surface area (Å²) in [4.78, 5) is 2.30. The van der Waals surface area contributed by atoms with Gasteiger partial charge in [0, 0.05) is 32.4 Å². The van der Waals surface area contributed by atoms with Crippen molar-refractivity contribution >= 4 is 0 Å². The van der Waals surface area contributed by atoms with Gasteiger partial charge in [0.2, 0.25) is 0 Å². The van der Waals surface area contributed by atoms with E-state index >= 15 is 0 Å². The van der Waals surface area contributed by atoms with Crippen LogP contribution in [0, 0.1) is 5.92 Å². The summed E-state index contributed by atoms with van der Waals surface area (Å²) in [6, 6.07) is 2.66. The highest BCUT2D eigenvalue weighted by molar-refractivity contribution is 4.99. The summed E-state index contributed by atoms with van der Waals surface area (Å²) in [6.07, 6.45) is 3.07. The van der Waals surface area contributed by atoms with Crippen molar-refractivity contribution in [1.82, 2.24) is 20.0 Å². The second-order valence-electron chi connectivity index (χ2n) is 5.32. The summed E-state index contributed by atoms with van der Waals surface area (Å²) in [7, 11) is 6.28. The predicted molar refractivity (Wildman–Crippen MR) is 71.8 cm³/mol. The van der Waals surface area contributed by atoms with Crippen LogP contribution < -0.4 is 5.32 Å².